The van der Waals surface area contributed by atoms with Crippen molar-refractivity contribution in [1.29, 1.82) is 0 Å². The van der Waals surface area contributed by atoms with Gasteiger partial charge in [-0.25, -0.2) is 0 Å². The number of halogens is 1. The average Bonchev–Trinajstić information content (AvgIpc) is 3.03. The van der Waals surface area contributed by atoms with Gasteiger partial charge in [0.05, 0.1) is 15.6 Å². The predicted molar refractivity (Wildman–Crippen MR) is 75.7 cm³/mol. The summed E-state index contributed by atoms with van der Waals surface area (Å²) in [6.07, 6.45) is 4.42. The molecule has 1 N–H and O–H groups in total. The summed E-state index contributed by atoms with van der Waals surface area (Å²) in [5.74, 6) is 1.12. The van der Waals surface area contributed by atoms with Gasteiger partial charge in [-0.3, -0.25) is 14.9 Å². The second-order valence-electron chi connectivity index (χ2n) is 5.69. The second kappa shape index (κ2) is 5.05. The Morgan fingerprint density at radius 3 is 2.75 bits per heavy atom. The predicted octanol–water partition coefficient (Wildman–Crippen LogP) is 3.62. The van der Waals surface area contributed by atoms with Gasteiger partial charge < -0.3 is 5.32 Å². The van der Waals surface area contributed by atoms with E-state index < -0.39 is 4.92 Å². The van der Waals surface area contributed by atoms with Crippen LogP contribution < -0.4 is 5.32 Å². The van der Waals surface area contributed by atoms with Crippen molar-refractivity contribution in [3.8, 4) is 0 Å². The zero-order valence-electron chi connectivity index (χ0n) is 10.8. The highest BCUT2D eigenvalue weighted by molar-refractivity contribution is 6.33. The first-order chi connectivity index (χ1) is 9.54. The third-order valence-electron chi connectivity index (χ3n) is 4.49. The molecule has 20 heavy (non-hydrogen) atoms. The summed E-state index contributed by atoms with van der Waals surface area (Å²) in [6, 6.07) is 4.08. The molecule has 5 nitrogen and oxygen atoms in total. The Bertz CT molecular complexity index is 576. The highest BCUT2D eigenvalue weighted by atomic mass is 35.5. The van der Waals surface area contributed by atoms with Crippen LogP contribution in [-0.2, 0) is 4.79 Å². The minimum atomic E-state index is -0.497. The van der Waals surface area contributed by atoms with E-state index in [-0.39, 0.29) is 17.5 Å². The van der Waals surface area contributed by atoms with Crippen molar-refractivity contribution in [2.24, 2.45) is 17.8 Å². The van der Waals surface area contributed by atoms with Gasteiger partial charge in [-0.05, 0) is 37.2 Å². The number of anilines is 1. The molecule has 3 atom stereocenters. The number of nitrogens with zero attached hydrogens (tertiary/aromatic N) is 1. The Hall–Kier alpha value is -1.62. The molecule has 0 saturated heterocycles. The minimum Gasteiger partial charge on any atom is -0.324 e. The molecule has 0 heterocycles. The van der Waals surface area contributed by atoms with Gasteiger partial charge in [0.1, 0.15) is 0 Å². The summed E-state index contributed by atoms with van der Waals surface area (Å²) in [5, 5.41) is 13.8. The number of benzene rings is 1. The number of amides is 1. The van der Waals surface area contributed by atoms with Crippen molar-refractivity contribution in [3.63, 3.8) is 0 Å². The summed E-state index contributed by atoms with van der Waals surface area (Å²) in [4.78, 5) is 22.6. The monoisotopic (exact) mass is 294 g/mol. The van der Waals surface area contributed by atoms with Crippen LogP contribution in [0.4, 0.5) is 11.4 Å². The number of hydrogen-bond acceptors (Lipinski definition) is 3. The SMILES string of the molecule is O=C(Nc1cc([N+](=O)[O-])ccc1Cl)C1CC2CCC1C2. The lowest BCUT2D eigenvalue weighted by atomic mass is 9.88. The van der Waals surface area contributed by atoms with Gasteiger partial charge in [-0.1, -0.05) is 18.0 Å². The van der Waals surface area contributed by atoms with Crippen LogP contribution in [0.3, 0.4) is 0 Å². The van der Waals surface area contributed by atoms with Crippen LogP contribution in [0.15, 0.2) is 18.2 Å². The van der Waals surface area contributed by atoms with Crippen LogP contribution in [0.2, 0.25) is 5.02 Å². The molecule has 3 rings (SSSR count). The fraction of sp³-hybridized carbons (Fsp3) is 0.500. The molecule has 2 aliphatic carbocycles. The summed E-state index contributed by atoms with van der Waals surface area (Å²) in [7, 11) is 0. The molecular formula is C14H15ClN2O3. The standard InChI is InChI=1S/C14H15ClN2O3/c15-12-4-3-10(17(19)20)7-13(12)16-14(18)11-6-8-1-2-9(11)5-8/h3-4,7-9,11H,1-2,5-6H2,(H,16,18). The number of rotatable bonds is 3. The largest absolute Gasteiger partial charge is 0.324 e. The van der Waals surface area contributed by atoms with E-state index in [1.54, 1.807) is 0 Å². The maximum atomic E-state index is 12.3. The van der Waals surface area contributed by atoms with Gasteiger partial charge >= 0.3 is 0 Å². The first-order valence-electron chi connectivity index (χ1n) is 6.79. The number of carbonyl (C=O) groups is 1. The van der Waals surface area contributed by atoms with E-state index in [0.29, 0.717) is 22.5 Å². The topological polar surface area (TPSA) is 72.2 Å². The zero-order valence-corrected chi connectivity index (χ0v) is 11.6. The van der Waals surface area contributed by atoms with Crippen molar-refractivity contribution in [2.45, 2.75) is 25.7 Å². The first-order valence-corrected chi connectivity index (χ1v) is 7.17. The first kappa shape index (κ1) is 13.4. The Balaban J connectivity index is 1.75. The van der Waals surface area contributed by atoms with Gasteiger partial charge in [0.25, 0.3) is 5.69 Å². The third kappa shape index (κ3) is 2.38. The fourth-order valence-corrected chi connectivity index (χ4v) is 3.68. The van der Waals surface area contributed by atoms with Crippen molar-refractivity contribution in [3.05, 3.63) is 33.3 Å². The number of non-ortho nitro benzene ring substituents is 1. The van der Waals surface area contributed by atoms with E-state index in [1.165, 1.54) is 24.6 Å². The number of nitro groups is 1. The minimum absolute atomic E-state index is 0.0316. The Morgan fingerprint density at radius 1 is 1.35 bits per heavy atom. The molecule has 0 spiro atoms. The Labute approximate surface area is 121 Å². The molecule has 2 fully saturated rings. The van der Waals surface area contributed by atoms with Crippen molar-refractivity contribution in [1.82, 2.24) is 0 Å². The Morgan fingerprint density at radius 2 is 2.15 bits per heavy atom. The smallest absolute Gasteiger partial charge is 0.271 e. The van der Waals surface area contributed by atoms with Gasteiger partial charge in [0.15, 0.2) is 0 Å². The van der Waals surface area contributed by atoms with E-state index in [2.05, 4.69) is 5.32 Å². The zero-order chi connectivity index (χ0) is 14.3. The van der Waals surface area contributed by atoms with Crippen molar-refractivity contribution in [2.75, 3.05) is 5.32 Å². The maximum absolute atomic E-state index is 12.3. The number of nitro benzene ring substituents is 1. The molecule has 1 aromatic rings. The van der Waals surface area contributed by atoms with Crippen LogP contribution in [-0.4, -0.2) is 10.8 Å². The summed E-state index contributed by atoms with van der Waals surface area (Å²) in [6.45, 7) is 0. The highest BCUT2D eigenvalue weighted by Crippen LogP contribution is 2.48. The molecule has 0 aliphatic heterocycles. The van der Waals surface area contributed by atoms with Crippen LogP contribution >= 0.6 is 11.6 Å². The van der Waals surface area contributed by atoms with Gasteiger partial charge in [-0.15, -0.1) is 0 Å². The molecule has 106 valence electrons. The quantitative estimate of drug-likeness (QED) is 0.683. The van der Waals surface area contributed by atoms with E-state index >= 15 is 0 Å². The third-order valence-corrected chi connectivity index (χ3v) is 4.82. The number of fused-ring (bicyclic) bond motifs is 2. The summed E-state index contributed by atoms with van der Waals surface area (Å²) < 4.78 is 0. The maximum Gasteiger partial charge on any atom is 0.271 e. The number of hydrogen-bond donors (Lipinski definition) is 1. The van der Waals surface area contributed by atoms with Gasteiger partial charge in [-0.2, -0.15) is 0 Å². The summed E-state index contributed by atoms with van der Waals surface area (Å²) >= 11 is 5.99. The normalized spacial score (nSPS) is 27.6. The van der Waals surface area contributed by atoms with Gasteiger partial charge in [0.2, 0.25) is 5.91 Å². The molecule has 2 saturated carbocycles. The van der Waals surface area contributed by atoms with Crippen LogP contribution in [0.25, 0.3) is 0 Å². The van der Waals surface area contributed by atoms with Crippen molar-refractivity contribution >= 4 is 28.9 Å². The van der Waals surface area contributed by atoms with E-state index in [0.717, 1.165) is 19.3 Å². The van der Waals surface area contributed by atoms with E-state index in [1.807, 2.05) is 0 Å². The molecule has 0 aromatic heterocycles. The van der Waals surface area contributed by atoms with Crippen LogP contribution in [0.5, 0.6) is 0 Å². The molecule has 3 unspecified atom stereocenters. The molecule has 1 aromatic carbocycles. The van der Waals surface area contributed by atoms with E-state index in [4.69, 9.17) is 11.6 Å². The second-order valence-corrected chi connectivity index (χ2v) is 6.10. The molecular weight excluding hydrogens is 280 g/mol. The lowest BCUT2D eigenvalue weighted by Gasteiger charge is -2.21. The fourth-order valence-electron chi connectivity index (χ4n) is 3.51. The van der Waals surface area contributed by atoms with Crippen LogP contribution in [0.1, 0.15) is 25.7 Å². The summed E-state index contributed by atoms with van der Waals surface area (Å²) in [5.41, 5.74) is 0.256. The average molecular weight is 295 g/mol. The van der Waals surface area contributed by atoms with Crippen LogP contribution in [0, 0.1) is 27.9 Å². The molecule has 2 bridgehead atoms. The lowest BCUT2D eigenvalue weighted by molar-refractivity contribution is -0.384. The van der Waals surface area contributed by atoms with E-state index in [9.17, 15) is 14.9 Å². The molecule has 0 radical (unpaired) electrons. The number of carbonyl (C=O) groups excluding carboxylic acids is 1. The molecule has 1 amide bonds. The lowest BCUT2D eigenvalue weighted by Crippen LogP contribution is -2.27. The highest BCUT2D eigenvalue weighted by Gasteiger charge is 2.43. The van der Waals surface area contributed by atoms with Gasteiger partial charge in [0, 0.05) is 18.1 Å². The molecule has 6 heteroatoms. The number of nitrogens with one attached hydrogen (secondary N) is 1. The molecule has 2 aliphatic rings. The Kier molecular flexibility index (Phi) is 3.38. The van der Waals surface area contributed by atoms with Crippen molar-refractivity contribution < 1.29 is 9.72 Å².